The lowest BCUT2D eigenvalue weighted by atomic mass is 10.3. The summed E-state index contributed by atoms with van der Waals surface area (Å²) in [4.78, 5) is 11.1. The highest BCUT2D eigenvalue weighted by molar-refractivity contribution is 7.15. The van der Waals surface area contributed by atoms with Crippen LogP contribution in [0.5, 0.6) is 0 Å². The van der Waals surface area contributed by atoms with Gasteiger partial charge in [0.15, 0.2) is 5.00 Å². The minimum atomic E-state index is -0.723. The number of aliphatic hydroxyl groups excluding tert-OH is 1. The van der Waals surface area contributed by atoms with Gasteiger partial charge in [0.05, 0.1) is 16.7 Å². The van der Waals surface area contributed by atoms with E-state index in [-0.39, 0.29) is 5.69 Å². The van der Waals surface area contributed by atoms with Gasteiger partial charge in [-0.25, -0.2) is 4.68 Å². The molecule has 1 N–H and O–H groups in total. The van der Waals surface area contributed by atoms with Crippen molar-refractivity contribution in [2.45, 2.75) is 26.9 Å². The molecule has 0 aromatic carbocycles. The number of nitrogens with zero attached hydrogens (tertiary/aromatic N) is 3. The van der Waals surface area contributed by atoms with Crippen LogP contribution in [-0.2, 0) is 0 Å². The van der Waals surface area contributed by atoms with Crippen molar-refractivity contribution in [3.8, 4) is 5.00 Å². The number of aliphatic hydroxyl groups is 1. The summed E-state index contributed by atoms with van der Waals surface area (Å²) in [5, 5.41) is 25.2. The molecule has 1 atom stereocenters. The average molecular weight is 267 g/mol. The summed E-state index contributed by atoms with van der Waals surface area (Å²) in [6.45, 7) is 5.25. The molecule has 7 heteroatoms. The van der Waals surface area contributed by atoms with Gasteiger partial charge in [0.1, 0.15) is 0 Å². The lowest BCUT2D eigenvalue weighted by molar-refractivity contribution is -0.384. The fourth-order valence-corrected chi connectivity index (χ4v) is 2.79. The molecule has 0 amide bonds. The molecule has 2 rings (SSSR count). The van der Waals surface area contributed by atoms with E-state index >= 15 is 0 Å². The third-order valence-corrected chi connectivity index (χ3v) is 3.79. The molecule has 0 spiro atoms. The molecule has 96 valence electrons. The molecule has 0 fully saturated rings. The molecule has 0 radical (unpaired) electrons. The fraction of sp³-hybridized carbons (Fsp3) is 0.364. The monoisotopic (exact) mass is 267 g/mol. The maximum absolute atomic E-state index is 11.0. The van der Waals surface area contributed by atoms with E-state index in [1.165, 1.54) is 17.4 Å². The summed E-state index contributed by atoms with van der Waals surface area (Å²) in [5.74, 6) is 0. The number of aryl methyl sites for hydroxylation is 2. The number of thiophene rings is 1. The van der Waals surface area contributed by atoms with Crippen LogP contribution in [0.2, 0.25) is 0 Å². The molecule has 18 heavy (non-hydrogen) atoms. The Balaban J connectivity index is 2.62. The van der Waals surface area contributed by atoms with E-state index in [1.54, 1.807) is 11.6 Å². The molecule has 2 heterocycles. The van der Waals surface area contributed by atoms with Gasteiger partial charge in [-0.3, -0.25) is 10.1 Å². The van der Waals surface area contributed by atoms with Gasteiger partial charge in [0.25, 0.3) is 0 Å². The molecule has 0 aliphatic carbocycles. The van der Waals surface area contributed by atoms with Crippen molar-refractivity contribution in [3.63, 3.8) is 0 Å². The summed E-state index contributed by atoms with van der Waals surface area (Å²) in [6.07, 6.45) is -0.723. The van der Waals surface area contributed by atoms with Crippen molar-refractivity contribution < 1.29 is 10.0 Å². The molecule has 0 saturated heterocycles. The zero-order valence-corrected chi connectivity index (χ0v) is 11.1. The highest BCUT2D eigenvalue weighted by Gasteiger charge is 2.23. The van der Waals surface area contributed by atoms with Crippen LogP contribution in [0, 0.1) is 24.0 Å². The second kappa shape index (κ2) is 4.51. The predicted octanol–water partition coefficient (Wildman–Crippen LogP) is 2.51. The molecule has 0 bridgehead atoms. The van der Waals surface area contributed by atoms with Crippen LogP contribution in [0.25, 0.3) is 5.00 Å². The van der Waals surface area contributed by atoms with Crippen molar-refractivity contribution in [3.05, 3.63) is 38.5 Å². The molecule has 6 nitrogen and oxygen atoms in total. The number of nitro groups is 1. The maximum atomic E-state index is 11.0. The Morgan fingerprint density at radius 2 is 2.17 bits per heavy atom. The molecule has 2 aromatic rings. The van der Waals surface area contributed by atoms with E-state index < -0.39 is 11.0 Å². The Labute approximate surface area is 108 Å². The smallest absolute Gasteiger partial charge is 0.306 e. The molecule has 0 aliphatic rings. The minimum Gasteiger partial charge on any atom is -0.388 e. The first-order valence-electron chi connectivity index (χ1n) is 5.40. The van der Waals surface area contributed by atoms with Crippen LogP contribution in [0.3, 0.4) is 0 Å². The Bertz CT molecular complexity index is 601. The Hall–Kier alpha value is -1.73. The molecule has 0 aliphatic heterocycles. The second-order valence-electron chi connectivity index (χ2n) is 4.11. The molecular formula is C11H13N3O3S. The standard InChI is InChI=1S/C11H13N3O3S/c1-6-4-7(2)13(12-6)11-9(14(16)17)5-10(18-11)8(3)15/h4-5,8,15H,1-3H3. The first-order valence-corrected chi connectivity index (χ1v) is 6.21. The van der Waals surface area contributed by atoms with E-state index in [9.17, 15) is 15.2 Å². The van der Waals surface area contributed by atoms with E-state index in [1.807, 2.05) is 19.9 Å². The molecular weight excluding hydrogens is 254 g/mol. The van der Waals surface area contributed by atoms with Gasteiger partial charge in [0, 0.05) is 16.6 Å². The molecule has 0 saturated carbocycles. The van der Waals surface area contributed by atoms with Crippen LogP contribution in [0.15, 0.2) is 12.1 Å². The number of hydrogen-bond donors (Lipinski definition) is 1. The van der Waals surface area contributed by atoms with Crippen molar-refractivity contribution in [1.82, 2.24) is 9.78 Å². The van der Waals surface area contributed by atoms with Gasteiger partial charge in [-0.05, 0) is 26.8 Å². The Kier molecular flexibility index (Phi) is 3.18. The van der Waals surface area contributed by atoms with Crippen LogP contribution in [-0.4, -0.2) is 19.8 Å². The van der Waals surface area contributed by atoms with E-state index in [0.717, 1.165) is 11.4 Å². The van der Waals surface area contributed by atoms with Gasteiger partial charge in [-0.1, -0.05) is 0 Å². The fourth-order valence-electron chi connectivity index (χ4n) is 1.71. The van der Waals surface area contributed by atoms with Gasteiger partial charge in [0.2, 0.25) is 0 Å². The lowest BCUT2D eigenvalue weighted by Gasteiger charge is -2.00. The highest BCUT2D eigenvalue weighted by Crippen LogP contribution is 2.36. The van der Waals surface area contributed by atoms with Crippen LogP contribution in [0.4, 0.5) is 5.69 Å². The third-order valence-electron chi connectivity index (χ3n) is 2.52. The van der Waals surface area contributed by atoms with Crippen molar-refractivity contribution in [2.24, 2.45) is 0 Å². The predicted molar refractivity (Wildman–Crippen MR) is 68.2 cm³/mol. The van der Waals surface area contributed by atoms with Crippen LogP contribution in [0.1, 0.15) is 29.3 Å². The number of rotatable bonds is 3. The van der Waals surface area contributed by atoms with Crippen molar-refractivity contribution >= 4 is 17.0 Å². The largest absolute Gasteiger partial charge is 0.388 e. The Morgan fingerprint density at radius 1 is 1.50 bits per heavy atom. The normalized spacial score (nSPS) is 12.7. The second-order valence-corrected chi connectivity index (χ2v) is 5.17. The summed E-state index contributed by atoms with van der Waals surface area (Å²) < 4.78 is 1.55. The van der Waals surface area contributed by atoms with Crippen LogP contribution < -0.4 is 0 Å². The minimum absolute atomic E-state index is 0.0258. The lowest BCUT2D eigenvalue weighted by Crippen LogP contribution is -1.99. The van der Waals surface area contributed by atoms with Gasteiger partial charge >= 0.3 is 5.69 Å². The number of aromatic nitrogens is 2. The van der Waals surface area contributed by atoms with Gasteiger partial charge in [-0.2, -0.15) is 5.10 Å². The average Bonchev–Trinajstić information content (AvgIpc) is 2.81. The molecule has 1 unspecified atom stereocenters. The van der Waals surface area contributed by atoms with Gasteiger partial charge in [-0.15, -0.1) is 11.3 Å². The van der Waals surface area contributed by atoms with E-state index in [2.05, 4.69) is 5.10 Å². The summed E-state index contributed by atoms with van der Waals surface area (Å²) in [7, 11) is 0. The van der Waals surface area contributed by atoms with Crippen molar-refractivity contribution in [1.29, 1.82) is 0 Å². The van der Waals surface area contributed by atoms with Crippen molar-refractivity contribution in [2.75, 3.05) is 0 Å². The van der Waals surface area contributed by atoms with E-state index in [0.29, 0.717) is 9.88 Å². The highest BCUT2D eigenvalue weighted by atomic mass is 32.1. The summed E-state index contributed by atoms with van der Waals surface area (Å²) in [6, 6.07) is 3.26. The first kappa shape index (κ1) is 12.7. The summed E-state index contributed by atoms with van der Waals surface area (Å²) in [5.41, 5.74) is 1.60. The third kappa shape index (κ3) is 2.14. The molecule has 2 aromatic heterocycles. The summed E-state index contributed by atoms with van der Waals surface area (Å²) >= 11 is 1.19. The number of hydrogen-bond acceptors (Lipinski definition) is 5. The topological polar surface area (TPSA) is 81.2 Å². The maximum Gasteiger partial charge on any atom is 0.306 e. The van der Waals surface area contributed by atoms with Gasteiger partial charge < -0.3 is 5.11 Å². The first-order chi connectivity index (χ1) is 8.40. The van der Waals surface area contributed by atoms with E-state index in [4.69, 9.17) is 0 Å². The zero-order valence-electron chi connectivity index (χ0n) is 10.2. The SMILES string of the molecule is Cc1cc(C)n(-c2sc(C(C)O)cc2[N+](=O)[O-])n1. The Morgan fingerprint density at radius 3 is 2.61 bits per heavy atom. The zero-order chi connectivity index (χ0) is 13.4. The van der Waals surface area contributed by atoms with Crippen LogP contribution >= 0.6 is 11.3 Å². The quantitative estimate of drug-likeness (QED) is 0.684.